The maximum absolute atomic E-state index is 14.1. The van der Waals surface area contributed by atoms with Gasteiger partial charge in [-0.05, 0) is 61.4 Å². The highest BCUT2D eigenvalue weighted by Gasteiger charge is 2.17. The fourth-order valence-corrected chi connectivity index (χ4v) is 4.68. The molecule has 0 aliphatic rings. The number of anilines is 3. The molecule has 2 N–H and O–H groups in total. The Kier molecular flexibility index (Phi) is 5.26. The molecule has 0 spiro atoms. The van der Waals surface area contributed by atoms with Gasteiger partial charge >= 0.3 is 0 Å². The molecule has 2 aromatic heterocycles. The highest BCUT2D eigenvalue weighted by molar-refractivity contribution is 7.22. The van der Waals surface area contributed by atoms with Crippen LogP contribution in [0.3, 0.4) is 0 Å². The quantitative estimate of drug-likeness (QED) is 0.296. The van der Waals surface area contributed by atoms with E-state index in [-0.39, 0.29) is 17.5 Å². The molecule has 0 saturated carbocycles. The second-order valence-corrected chi connectivity index (χ2v) is 8.89. The third-order valence-electron chi connectivity index (χ3n) is 5.46. The van der Waals surface area contributed by atoms with Crippen LogP contribution in [0, 0.1) is 25.5 Å². The van der Waals surface area contributed by atoms with Crippen LogP contribution in [-0.4, -0.2) is 10.9 Å². The van der Waals surface area contributed by atoms with E-state index in [1.807, 2.05) is 24.3 Å². The van der Waals surface area contributed by atoms with Crippen molar-refractivity contribution in [1.29, 1.82) is 0 Å². The molecule has 5 aromatic rings. The van der Waals surface area contributed by atoms with Gasteiger partial charge in [-0.2, -0.15) is 0 Å². The molecule has 33 heavy (non-hydrogen) atoms. The van der Waals surface area contributed by atoms with Crippen molar-refractivity contribution in [2.24, 2.45) is 0 Å². The smallest absolute Gasteiger partial charge is 0.265 e. The molecular formula is C26H19F2N3OS. The Morgan fingerprint density at radius 3 is 2.24 bits per heavy atom. The summed E-state index contributed by atoms with van der Waals surface area (Å²) in [7, 11) is 0. The summed E-state index contributed by atoms with van der Waals surface area (Å²) in [5.74, 6) is -0.497. The Morgan fingerprint density at radius 1 is 0.848 bits per heavy atom. The zero-order chi connectivity index (χ0) is 23.1. The summed E-state index contributed by atoms with van der Waals surface area (Å²) in [4.78, 5) is 18.1. The van der Waals surface area contributed by atoms with Crippen molar-refractivity contribution in [3.63, 3.8) is 0 Å². The van der Waals surface area contributed by atoms with Crippen LogP contribution in [-0.2, 0) is 0 Å². The molecule has 0 saturated heterocycles. The Labute approximate surface area is 192 Å². The fourth-order valence-electron chi connectivity index (χ4n) is 3.59. The summed E-state index contributed by atoms with van der Waals surface area (Å²) >= 11 is 1.33. The number of carbonyl (C=O) groups is 1. The van der Waals surface area contributed by atoms with Crippen LogP contribution in [0.4, 0.5) is 26.0 Å². The highest BCUT2D eigenvalue weighted by atomic mass is 32.1. The summed E-state index contributed by atoms with van der Waals surface area (Å²) in [5, 5.41) is 7.62. The Hall–Kier alpha value is -3.84. The first-order chi connectivity index (χ1) is 15.9. The van der Waals surface area contributed by atoms with E-state index in [1.165, 1.54) is 23.5 Å². The van der Waals surface area contributed by atoms with E-state index in [2.05, 4.69) is 10.6 Å². The zero-order valence-corrected chi connectivity index (χ0v) is 18.7. The molecule has 164 valence electrons. The van der Waals surface area contributed by atoms with Gasteiger partial charge in [0.1, 0.15) is 17.5 Å². The van der Waals surface area contributed by atoms with Crippen molar-refractivity contribution in [2.75, 3.05) is 10.6 Å². The Morgan fingerprint density at radius 2 is 1.52 bits per heavy atom. The number of rotatable bonds is 4. The number of benzene rings is 3. The van der Waals surface area contributed by atoms with Gasteiger partial charge in [-0.1, -0.05) is 30.3 Å². The number of thiophene rings is 1. The first-order valence-corrected chi connectivity index (χ1v) is 11.1. The van der Waals surface area contributed by atoms with Gasteiger partial charge in [0.05, 0.1) is 10.4 Å². The van der Waals surface area contributed by atoms with Crippen LogP contribution in [0.5, 0.6) is 0 Å². The van der Waals surface area contributed by atoms with E-state index in [4.69, 9.17) is 4.98 Å². The van der Waals surface area contributed by atoms with Gasteiger partial charge in [0.2, 0.25) is 0 Å². The first-order valence-electron chi connectivity index (χ1n) is 10.3. The third kappa shape index (κ3) is 4.03. The monoisotopic (exact) mass is 459 g/mol. The maximum atomic E-state index is 14.1. The van der Waals surface area contributed by atoms with E-state index in [0.29, 0.717) is 33.2 Å². The number of nitrogens with zero attached hydrogens (tertiary/aromatic N) is 1. The summed E-state index contributed by atoms with van der Waals surface area (Å²) in [6.07, 6.45) is 0. The maximum Gasteiger partial charge on any atom is 0.265 e. The van der Waals surface area contributed by atoms with E-state index >= 15 is 0 Å². The number of nitrogens with one attached hydrogen (secondary N) is 2. The minimum absolute atomic E-state index is 0.312. The molecule has 7 heteroatoms. The van der Waals surface area contributed by atoms with Gasteiger partial charge in [-0.25, -0.2) is 13.8 Å². The molecule has 3 aromatic carbocycles. The number of pyridine rings is 1. The van der Waals surface area contributed by atoms with Gasteiger partial charge in [0.15, 0.2) is 0 Å². The normalized spacial score (nSPS) is 11.2. The second kappa shape index (κ2) is 8.26. The van der Waals surface area contributed by atoms with Crippen molar-refractivity contribution in [3.8, 4) is 0 Å². The molecule has 0 fully saturated rings. The molecular weight excluding hydrogens is 440 g/mol. The number of amides is 1. The molecule has 0 unspecified atom stereocenters. The fraction of sp³-hybridized carbons (Fsp3) is 0.0769. The number of para-hydroxylation sites is 1. The van der Waals surface area contributed by atoms with Crippen molar-refractivity contribution in [2.45, 2.75) is 13.8 Å². The zero-order valence-electron chi connectivity index (χ0n) is 17.9. The molecule has 0 aliphatic carbocycles. The minimum atomic E-state index is -0.379. The molecule has 0 atom stereocenters. The van der Waals surface area contributed by atoms with E-state index in [1.54, 1.807) is 44.2 Å². The van der Waals surface area contributed by atoms with Gasteiger partial charge in [0, 0.05) is 26.8 Å². The lowest BCUT2D eigenvalue weighted by atomic mass is 10.1. The number of hydrogen-bond donors (Lipinski definition) is 2. The number of carbonyl (C=O) groups excluding carboxylic acids is 1. The van der Waals surface area contributed by atoms with Gasteiger partial charge < -0.3 is 10.6 Å². The third-order valence-corrected chi connectivity index (χ3v) is 6.62. The highest BCUT2D eigenvalue weighted by Crippen LogP contribution is 2.37. The average molecular weight is 460 g/mol. The van der Waals surface area contributed by atoms with Crippen LogP contribution < -0.4 is 10.6 Å². The molecule has 0 bridgehead atoms. The van der Waals surface area contributed by atoms with Crippen LogP contribution >= 0.6 is 11.3 Å². The predicted octanol–water partition coefficient (Wildman–Crippen LogP) is 7.34. The van der Waals surface area contributed by atoms with Gasteiger partial charge in [-0.15, -0.1) is 11.3 Å². The van der Waals surface area contributed by atoms with Gasteiger partial charge in [0.25, 0.3) is 5.91 Å². The Balaban J connectivity index is 1.58. The summed E-state index contributed by atoms with van der Waals surface area (Å²) in [6.45, 7) is 3.37. The van der Waals surface area contributed by atoms with E-state index in [9.17, 15) is 13.6 Å². The van der Waals surface area contributed by atoms with Crippen LogP contribution in [0.2, 0.25) is 0 Å². The number of hydrogen-bond acceptors (Lipinski definition) is 4. The number of fused-ring (bicyclic) bond motifs is 3. The predicted molar refractivity (Wildman–Crippen MR) is 131 cm³/mol. The largest absolute Gasteiger partial charge is 0.340 e. The van der Waals surface area contributed by atoms with Crippen molar-refractivity contribution in [1.82, 2.24) is 4.98 Å². The van der Waals surface area contributed by atoms with Crippen molar-refractivity contribution >= 4 is 55.4 Å². The van der Waals surface area contributed by atoms with E-state index in [0.717, 1.165) is 21.0 Å². The number of halogens is 2. The molecule has 4 nitrogen and oxygen atoms in total. The summed E-state index contributed by atoms with van der Waals surface area (Å²) in [6, 6.07) is 18.9. The van der Waals surface area contributed by atoms with Crippen LogP contribution in [0.25, 0.3) is 21.0 Å². The minimum Gasteiger partial charge on any atom is -0.340 e. The number of aromatic nitrogens is 1. The molecule has 0 radical (unpaired) electrons. The second-order valence-electron chi connectivity index (χ2n) is 7.84. The van der Waals surface area contributed by atoms with Gasteiger partial charge in [-0.3, -0.25) is 4.79 Å². The topological polar surface area (TPSA) is 54.0 Å². The number of aryl methyl sites for hydroxylation is 2. The first kappa shape index (κ1) is 21.0. The lowest BCUT2D eigenvalue weighted by Crippen LogP contribution is -2.10. The van der Waals surface area contributed by atoms with Crippen LogP contribution in [0.1, 0.15) is 20.8 Å². The standard InChI is InChI=1S/C26H19F2N3OS/c1-14-7-9-16(11-20(14)27)29-25-19-13-23(26(32)30-17-10-8-15(2)21(28)12-17)33-24(19)18-5-3-4-6-22(18)31-25/h3-13H,1-2H3,(H,29,31)(H,30,32). The lowest BCUT2D eigenvalue weighted by Gasteiger charge is -2.10. The Bertz CT molecular complexity index is 1540. The average Bonchev–Trinajstić information content (AvgIpc) is 3.25. The lowest BCUT2D eigenvalue weighted by molar-refractivity contribution is 0.103. The molecule has 0 aliphatic heterocycles. The summed E-state index contributed by atoms with van der Waals surface area (Å²) in [5.41, 5.74) is 2.77. The van der Waals surface area contributed by atoms with Crippen molar-refractivity contribution in [3.05, 3.63) is 94.4 Å². The summed E-state index contributed by atoms with van der Waals surface area (Å²) < 4.78 is 28.9. The molecule has 2 heterocycles. The molecule has 5 rings (SSSR count). The molecule has 1 amide bonds. The SMILES string of the molecule is Cc1ccc(NC(=O)c2cc3c(Nc4ccc(C)c(F)c4)nc4ccccc4c3s2)cc1F. The van der Waals surface area contributed by atoms with E-state index < -0.39 is 0 Å². The van der Waals surface area contributed by atoms with Crippen LogP contribution in [0.15, 0.2) is 66.7 Å². The van der Waals surface area contributed by atoms with Crippen molar-refractivity contribution < 1.29 is 13.6 Å².